The molecule has 124 valence electrons. The Morgan fingerprint density at radius 2 is 1.86 bits per heavy atom. The average molecular weight is 328 g/mol. The molecular formula is C15H24N2O4S. The molecule has 1 rings (SSSR count). The van der Waals surface area contributed by atoms with Crippen molar-refractivity contribution in [2.75, 3.05) is 26.5 Å². The molecule has 6 nitrogen and oxygen atoms in total. The molecule has 0 saturated carbocycles. The van der Waals surface area contributed by atoms with Gasteiger partial charge in [-0.15, -0.1) is 0 Å². The van der Waals surface area contributed by atoms with Gasteiger partial charge in [-0.2, -0.15) is 4.31 Å². The number of amides is 1. The SMILES string of the molecule is Cc1cccc(C)c1OC[C@@H](C)NC(=O)CN(C)S(C)(=O)=O. The van der Waals surface area contributed by atoms with Gasteiger partial charge in [-0.05, 0) is 31.9 Å². The fourth-order valence-corrected chi connectivity index (χ4v) is 2.27. The predicted octanol–water partition coefficient (Wildman–Crippen LogP) is 1.08. The van der Waals surface area contributed by atoms with Crippen molar-refractivity contribution >= 4 is 15.9 Å². The number of rotatable bonds is 7. The average Bonchev–Trinajstić information content (AvgIpc) is 2.36. The molecule has 0 aromatic heterocycles. The summed E-state index contributed by atoms with van der Waals surface area (Å²) in [6.45, 7) is 5.86. The standard InChI is InChI=1S/C15H24N2O4S/c1-11-7-6-8-12(2)15(11)21-10-13(3)16-14(18)9-17(4)22(5,19)20/h6-8,13H,9-10H2,1-5H3,(H,16,18)/t13-/m1/s1. The molecule has 0 fully saturated rings. The number of ether oxygens (including phenoxy) is 1. The number of nitrogens with one attached hydrogen (secondary N) is 1. The van der Waals surface area contributed by atoms with Crippen molar-refractivity contribution in [1.82, 2.24) is 9.62 Å². The Labute approximate surface area is 132 Å². The summed E-state index contributed by atoms with van der Waals surface area (Å²) in [6, 6.07) is 5.67. The largest absolute Gasteiger partial charge is 0.491 e. The Morgan fingerprint density at radius 3 is 2.36 bits per heavy atom. The van der Waals surface area contributed by atoms with Crippen LogP contribution in [-0.4, -0.2) is 51.1 Å². The lowest BCUT2D eigenvalue weighted by atomic mass is 10.1. The fraction of sp³-hybridized carbons (Fsp3) is 0.533. The van der Waals surface area contributed by atoms with E-state index in [0.29, 0.717) is 6.61 Å². The number of carbonyl (C=O) groups excluding carboxylic acids is 1. The van der Waals surface area contributed by atoms with Gasteiger partial charge in [0, 0.05) is 7.05 Å². The summed E-state index contributed by atoms with van der Waals surface area (Å²) in [4.78, 5) is 11.8. The van der Waals surface area contributed by atoms with Crippen LogP contribution in [-0.2, 0) is 14.8 Å². The minimum Gasteiger partial charge on any atom is -0.491 e. The third-order valence-electron chi connectivity index (χ3n) is 3.23. The number of aryl methyl sites for hydroxylation is 2. The molecule has 0 heterocycles. The van der Waals surface area contributed by atoms with E-state index >= 15 is 0 Å². The maximum absolute atomic E-state index is 11.8. The van der Waals surface area contributed by atoms with E-state index in [0.717, 1.165) is 27.4 Å². The maximum atomic E-state index is 11.8. The van der Waals surface area contributed by atoms with E-state index in [-0.39, 0.29) is 18.5 Å². The molecule has 0 unspecified atom stereocenters. The third kappa shape index (κ3) is 5.65. The molecular weight excluding hydrogens is 304 g/mol. The topological polar surface area (TPSA) is 75.7 Å². The van der Waals surface area contributed by atoms with E-state index in [1.54, 1.807) is 0 Å². The van der Waals surface area contributed by atoms with Crippen LogP contribution in [0.25, 0.3) is 0 Å². The van der Waals surface area contributed by atoms with Gasteiger partial charge in [0.2, 0.25) is 15.9 Å². The van der Waals surface area contributed by atoms with Crippen molar-refractivity contribution < 1.29 is 17.9 Å². The van der Waals surface area contributed by atoms with Gasteiger partial charge in [-0.25, -0.2) is 8.42 Å². The van der Waals surface area contributed by atoms with Crippen molar-refractivity contribution in [3.05, 3.63) is 29.3 Å². The van der Waals surface area contributed by atoms with E-state index in [1.165, 1.54) is 7.05 Å². The van der Waals surface area contributed by atoms with Gasteiger partial charge in [-0.1, -0.05) is 18.2 Å². The highest BCUT2D eigenvalue weighted by Crippen LogP contribution is 2.22. The molecule has 1 atom stereocenters. The van der Waals surface area contributed by atoms with Crippen LogP contribution in [0.3, 0.4) is 0 Å². The van der Waals surface area contributed by atoms with Gasteiger partial charge in [0.05, 0.1) is 18.8 Å². The van der Waals surface area contributed by atoms with E-state index in [9.17, 15) is 13.2 Å². The second-order valence-corrected chi connectivity index (χ2v) is 7.61. The number of benzene rings is 1. The second kappa shape index (κ2) is 7.60. The van der Waals surface area contributed by atoms with Crippen LogP contribution in [0.2, 0.25) is 0 Å². The third-order valence-corrected chi connectivity index (χ3v) is 4.49. The molecule has 7 heteroatoms. The normalized spacial score (nSPS) is 13.0. The Hall–Kier alpha value is -1.60. The number of carbonyl (C=O) groups is 1. The van der Waals surface area contributed by atoms with Crippen LogP contribution in [0.1, 0.15) is 18.1 Å². The number of hydrogen-bond donors (Lipinski definition) is 1. The first-order valence-corrected chi connectivity index (χ1v) is 8.85. The molecule has 0 aliphatic rings. The van der Waals surface area contributed by atoms with Crippen LogP contribution >= 0.6 is 0 Å². The summed E-state index contributed by atoms with van der Waals surface area (Å²) in [6.07, 6.45) is 1.06. The zero-order valence-corrected chi connectivity index (χ0v) is 14.5. The molecule has 1 N–H and O–H groups in total. The van der Waals surface area contributed by atoms with Crippen LogP contribution in [0.15, 0.2) is 18.2 Å². The monoisotopic (exact) mass is 328 g/mol. The van der Waals surface area contributed by atoms with Gasteiger partial charge in [-0.3, -0.25) is 4.79 Å². The van der Waals surface area contributed by atoms with Crippen LogP contribution < -0.4 is 10.1 Å². The Balaban J connectivity index is 2.50. The smallest absolute Gasteiger partial charge is 0.235 e. The number of sulfonamides is 1. The lowest BCUT2D eigenvalue weighted by Crippen LogP contribution is -2.43. The van der Waals surface area contributed by atoms with Crippen molar-refractivity contribution in [3.63, 3.8) is 0 Å². The minimum atomic E-state index is -3.36. The number of hydrogen-bond acceptors (Lipinski definition) is 4. The first-order valence-electron chi connectivity index (χ1n) is 7.01. The fourth-order valence-electron chi connectivity index (χ4n) is 1.92. The van der Waals surface area contributed by atoms with Gasteiger partial charge < -0.3 is 10.1 Å². The van der Waals surface area contributed by atoms with Gasteiger partial charge in [0.1, 0.15) is 12.4 Å². The van der Waals surface area contributed by atoms with Gasteiger partial charge in [0.25, 0.3) is 0 Å². The molecule has 0 radical (unpaired) electrons. The molecule has 1 aromatic carbocycles. The highest BCUT2D eigenvalue weighted by Gasteiger charge is 2.16. The summed E-state index contributed by atoms with van der Waals surface area (Å²) in [7, 11) is -1.99. The van der Waals surface area contributed by atoms with Crippen molar-refractivity contribution in [2.45, 2.75) is 26.8 Å². The first kappa shape index (κ1) is 18.4. The summed E-state index contributed by atoms with van der Waals surface area (Å²) >= 11 is 0. The molecule has 1 aromatic rings. The highest BCUT2D eigenvalue weighted by atomic mass is 32.2. The molecule has 22 heavy (non-hydrogen) atoms. The van der Waals surface area contributed by atoms with Crippen molar-refractivity contribution in [3.8, 4) is 5.75 Å². The maximum Gasteiger partial charge on any atom is 0.235 e. The molecule has 0 aliphatic carbocycles. The lowest BCUT2D eigenvalue weighted by molar-refractivity contribution is -0.121. The van der Waals surface area contributed by atoms with E-state index in [2.05, 4.69) is 5.32 Å². The van der Waals surface area contributed by atoms with Gasteiger partial charge in [0.15, 0.2) is 0 Å². The minimum absolute atomic E-state index is 0.202. The van der Waals surface area contributed by atoms with Crippen molar-refractivity contribution in [2.24, 2.45) is 0 Å². The summed E-state index contributed by atoms with van der Waals surface area (Å²) in [5.74, 6) is 0.461. The summed E-state index contributed by atoms with van der Waals surface area (Å²) in [5, 5.41) is 2.72. The molecule has 0 bridgehead atoms. The molecule has 0 spiro atoms. The van der Waals surface area contributed by atoms with Crippen molar-refractivity contribution in [1.29, 1.82) is 0 Å². The number of nitrogens with zero attached hydrogens (tertiary/aromatic N) is 1. The van der Waals surface area contributed by atoms with Crippen LogP contribution in [0, 0.1) is 13.8 Å². The first-order chi connectivity index (χ1) is 10.1. The second-order valence-electron chi connectivity index (χ2n) is 5.52. The highest BCUT2D eigenvalue weighted by molar-refractivity contribution is 7.88. The van der Waals surface area contributed by atoms with Crippen LogP contribution in [0.5, 0.6) is 5.75 Å². The van der Waals surface area contributed by atoms with Gasteiger partial charge >= 0.3 is 0 Å². The van der Waals surface area contributed by atoms with E-state index in [1.807, 2.05) is 39.0 Å². The van der Waals surface area contributed by atoms with Crippen LogP contribution in [0.4, 0.5) is 0 Å². The predicted molar refractivity (Wildman–Crippen MR) is 86.5 cm³/mol. The quantitative estimate of drug-likeness (QED) is 0.812. The number of likely N-dealkylation sites (N-methyl/N-ethyl adjacent to an activating group) is 1. The van der Waals surface area contributed by atoms with E-state index in [4.69, 9.17) is 4.74 Å². The zero-order valence-electron chi connectivity index (χ0n) is 13.7. The summed E-state index contributed by atoms with van der Waals surface area (Å²) < 4.78 is 29.3. The van der Waals surface area contributed by atoms with E-state index < -0.39 is 10.0 Å². The molecule has 1 amide bonds. The Morgan fingerprint density at radius 1 is 1.32 bits per heavy atom. The molecule has 0 aliphatic heterocycles. The lowest BCUT2D eigenvalue weighted by Gasteiger charge is -2.19. The Kier molecular flexibility index (Phi) is 6.37. The molecule has 0 saturated heterocycles. The number of para-hydroxylation sites is 1. The summed E-state index contributed by atoms with van der Waals surface area (Å²) in [5.41, 5.74) is 2.07. The zero-order chi connectivity index (χ0) is 16.9. The Bertz CT molecular complexity index is 608.